The average molecular weight is 290 g/mol. The Labute approximate surface area is 125 Å². The van der Waals surface area contributed by atoms with E-state index < -0.39 is 5.97 Å². The van der Waals surface area contributed by atoms with E-state index in [1.165, 1.54) is 0 Å². The number of nitrogens with one attached hydrogen (secondary N) is 1. The third-order valence-electron chi connectivity index (χ3n) is 4.18. The second kappa shape index (κ2) is 6.61. The number of carboxylic acid groups (broad SMARTS) is 1. The Bertz CT molecular complexity index is 498. The number of urea groups is 1. The number of hydrogen-bond acceptors (Lipinski definition) is 2. The smallest absolute Gasteiger partial charge is 0.321 e. The van der Waals surface area contributed by atoms with Gasteiger partial charge in [0.15, 0.2) is 0 Å². The Morgan fingerprint density at radius 2 is 1.95 bits per heavy atom. The monoisotopic (exact) mass is 290 g/mol. The first-order valence-corrected chi connectivity index (χ1v) is 7.38. The second-order valence-corrected chi connectivity index (χ2v) is 5.66. The number of hydrogen-bond donors (Lipinski definition) is 2. The molecule has 1 aromatic carbocycles. The molecule has 5 nitrogen and oxygen atoms in total. The van der Waals surface area contributed by atoms with Crippen LogP contribution < -0.4 is 10.2 Å². The molecule has 0 atom stereocenters. The number of nitrogens with zero attached hydrogens (tertiary/aromatic N) is 1. The highest BCUT2D eigenvalue weighted by Crippen LogP contribution is 2.43. The van der Waals surface area contributed by atoms with Crippen molar-refractivity contribution in [3.8, 4) is 0 Å². The van der Waals surface area contributed by atoms with Crippen molar-refractivity contribution < 1.29 is 14.7 Å². The van der Waals surface area contributed by atoms with E-state index in [0.29, 0.717) is 13.1 Å². The van der Waals surface area contributed by atoms with Crippen LogP contribution in [0.1, 0.15) is 32.6 Å². The molecule has 1 aliphatic rings. The standard InChI is InChI=1S/C16H22N2O3/c1-2-18(13-7-4-3-5-8-13)15(21)17-12-16(9-6-10-16)11-14(19)20/h3-5,7-8H,2,6,9-12H2,1H3,(H,17,21)(H,19,20). The van der Waals surface area contributed by atoms with Gasteiger partial charge < -0.3 is 10.4 Å². The molecule has 21 heavy (non-hydrogen) atoms. The Morgan fingerprint density at radius 1 is 1.29 bits per heavy atom. The van der Waals surface area contributed by atoms with Crippen molar-refractivity contribution in [2.45, 2.75) is 32.6 Å². The van der Waals surface area contributed by atoms with Crippen LogP contribution in [0.4, 0.5) is 10.5 Å². The fraction of sp³-hybridized carbons (Fsp3) is 0.500. The van der Waals surface area contributed by atoms with Crippen molar-refractivity contribution in [1.29, 1.82) is 0 Å². The minimum absolute atomic E-state index is 0.130. The quantitative estimate of drug-likeness (QED) is 0.846. The van der Waals surface area contributed by atoms with E-state index in [1.807, 2.05) is 37.3 Å². The molecule has 0 unspecified atom stereocenters. The summed E-state index contributed by atoms with van der Waals surface area (Å²) in [5.41, 5.74) is 0.593. The lowest BCUT2D eigenvalue weighted by Crippen LogP contribution is -2.48. The minimum atomic E-state index is -0.792. The molecule has 1 saturated carbocycles. The highest BCUT2D eigenvalue weighted by molar-refractivity contribution is 5.91. The maximum atomic E-state index is 12.3. The topological polar surface area (TPSA) is 69.6 Å². The lowest BCUT2D eigenvalue weighted by molar-refractivity contribution is -0.141. The molecule has 1 fully saturated rings. The van der Waals surface area contributed by atoms with E-state index in [1.54, 1.807) is 4.90 Å². The maximum Gasteiger partial charge on any atom is 0.321 e. The van der Waals surface area contributed by atoms with Gasteiger partial charge in [0.25, 0.3) is 0 Å². The van der Waals surface area contributed by atoms with Gasteiger partial charge in [0.2, 0.25) is 0 Å². The Hall–Kier alpha value is -2.04. The number of carboxylic acids is 1. The SMILES string of the molecule is CCN(C(=O)NCC1(CC(=O)O)CCC1)c1ccccc1. The fourth-order valence-electron chi connectivity index (χ4n) is 2.82. The van der Waals surface area contributed by atoms with Crippen molar-refractivity contribution in [3.05, 3.63) is 30.3 Å². The van der Waals surface area contributed by atoms with E-state index in [0.717, 1.165) is 24.9 Å². The Balaban J connectivity index is 1.95. The number of anilines is 1. The number of para-hydroxylation sites is 1. The van der Waals surface area contributed by atoms with E-state index in [2.05, 4.69) is 5.32 Å². The second-order valence-electron chi connectivity index (χ2n) is 5.66. The number of rotatable bonds is 6. The lowest BCUT2D eigenvalue weighted by Gasteiger charge is -2.41. The first-order chi connectivity index (χ1) is 10.1. The van der Waals surface area contributed by atoms with Crippen LogP contribution in [-0.4, -0.2) is 30.2 Å². The van der Waals surface area contributed by atoms with Gasteiger partial charge in [-0.2, -0.15) is 0 Å². The molecular formula is C16H22N2O3. The van der Waals surface area contributed by atoms with Gasteiger partial charge in [0, 0.05) is 18.8 Å². The highest BCUT2D eigenvalue weighted by atomic mass is 16.4. The molecule has 0 bridgehead atoms. The third kappa shape index (κ3) is 3.74. The largest absolute Gasteiger partial charge is 0.481 e. The minimum Gasteiger partial charge on any atom is -0.481 e. The van der Waals surface area contributed by atoms with Crippen molar-refractivity contribution in [1.82, 2.24) is 5.32 Å². The van der Waals surface area contributed by atoms with Gasteiger partial charge in [0.05, 0.1) is 6.42 Å². The average Bonchev–Trinajstić information content (AvgIpc) is 2.43. The van der Waals surface area contributed by atoms with Gasteiger partial charge in [-0.1, -0.05) is 24.6 Å². The first-order valence-electron chi connectivity index (χ1n) is 7.38. The molecule has 5 heteroatoms. The van der Waals surface area contributed by atoms with Crippen molar-refractivity contribution in [3.63, 3.8) is 0 Å². The zero-order valence-electron chi connectivity index (χ0n) is 12.3. The molecule has 0 aromatic heterocycles. The number of benzene rings is 1. The predicted octanol–water partition coefficient (Wildman–Crippen LogP) is 2.87. The summed E-state index contributed by atoms with van der Waals surface area (Å²) in [6.07, 6.45) is 2.91. The maximum absolute atomic E-state index is 12.3. The van der Waals surface area contributed by atoms with Gasteiger partial charge in [-0.05, 0) is 37.3 Å². The molecule has 114 valence electrons. The molecule has 0 aliphatic heterocycles. The third-order valence-corrected chi connectivity index (χ3v) is 4.18. The van der Waals surface area contributed by atoms with Crippen molar-refractivity contribution in [2.24, 2.45) is 5.41 Å². The Morgan fingerprint density at radius 3 is 2.43 bits per heavy atom. The highest BCUT2D eigenvalue weighted by Gasteiger charge is 2.39. The van der Waals surface area contributed by atoms with E-state index in [9.17, 15) is 9.59 Å². The molecule has 2 N–H and O–H groups in total. The summed E-state index contributed by atoms with van der Waals surface area (Å²) >= 11 is 0. The van der Waals surface area contributed by atoms with Gasteiger partial charge in [0.1, 0.15) is 0 Å². The van der Waals surface area contributed by atoms with E-state index in [-0.39, 0.29) is 17.9 Å². The molecule has 2 amide bonds. The van der Waals surface area contributed by atoms with Gasteiger partial charge >= 0.3 is 12.0 Å². The van der Waals surface area contributed by atoms with Gasteiger partial charge in [-0.15, -0.1) is 0 Å². The molecule has 0 radical (unpaired) electrons. The molecular weight excluding hydrogens is 268 g/mol. The summed E-state index contributed by atoms with van der Waals surface area (Å²) in [7, 11) is 0. The van der Waals surface area contributed by atoms with Crippen LogP contribution in [0.2, 0.25) is 0 Å². The van der Waals surface area contributed by atoms with Crippen LogP contribution in [0.25, 0.3) is 0 Å². The summed E-state index contributed by atoms with van der Waals surface area (Å²) in [6.45, 7) is 2.92. The predicted molar refractivity (Wildman–Crippen MR) is 81.4 cm³/mol. The molecule has 2 rings (SSSR count). The molecule has 1 aliphatic carbocycles. The summed E-state index contributed by atoms with van der Waals surface area (Å²) in [5.74, 6) is -0.792. The van der Waals surface area contributed by atoms with Crippen LogP contribution in [0.5, 0.6) is 0 Å². The summed E-state index contributed by atoms with van der Waals surface area (Å²) < 4.78 is 0. The number of carbonyl (C=O) groups is 2. The summed E-state index contributed by atoms with van der Waals surface area (Å²) in [4.78, 5) is 24.9. The number of amides is 2. The zero-order valence-corrected chi connectivity index (χ0v) is 12.3. The van der Waals surface area contributed by atoms with Crippen LogP contribution >= 0.6 is 0 Å². The summed E-state index contributed by atoms with van der Waals surface area (Å²) in [6, 6.07) is 9.30. The molecule has 0 spiro atoms. The Kier molecular flexibility index (Phi) is 4.83. The van der Waals surface area contributed by atoms with Crippen molar-refractivity contribution >= 4 is 17.7 Å². The van der Waals surface area contributed by atoms with E-state index >= 15 is 0 Å². The normalized spacial score (nSPS) is 15.9. The zero-order chi connectivity index (χ0) is 15.3. The van der Waals surface area contributed by atoms with Gasteiger partial charge in [-0.25, -0.2) is 4.79 Å². The fourth-order valence-corrected chi connectivity index (χ4v) is 2.82. The first kappa shape index (κ1) is 15.4. The van der Waals surface area contributed by atoms with Crippen LogP contribution in [-0.2, 0) is 4.79 Å². The van der Waals surface area contributed by atoms with Crippen LogP contribution in [0.3, 0.4) is 0 Å². The summed E-state index contributed by atoms with van der Waals surface area (Å²) in [5, 5.41) is 11.9. The van der Waals surface area contributed by atoms with Crippen LogP contribution in [0, 0.1) is 5.41 Å². The lowest BCUT2D eigenvalue weighted by atomic mass is 9.66. The molecule has 0 saturated heterocycles. The van der Waals surface area contributed by atoms with Crippen molar-refractivity contribution in [2.75, 3.05) is 18.0 Å². The van der Waals surface area contributed by atoms with Crippen LogP contribution in [0.15, 0.2) is 30.3 Å². The molecule has 1 aromatic rings. The number of aliphatic carboxylic acids is 1. The molecule has 0 heterocycles. The number of carbonyl (C=O) groups excluding carboxylic acids is 1. The van der Waals surface area contributed by atoms with E-state index in [4.69, 9.17) is 5.11 Å². The van der Waals surface area contributed by atoms with Gasteiger partial charge in [-0.3, -0.25) is 9.69 Å².